The first-order chi connectivity index (χ1) is 10.6. The number of carbonyl (C=O) groups excluding carboxylic acids is 2. The number of nitrogen functional groups attached to an aromatic ring is 1. The normalized spacial score (nSPS) is 15.1. The van der Waals surface area contributed by atoms with E-state index < -0.39 is 17.7 Å². The van der Waals surface area contributed by atoms with Gasteiger partial charge in [0.2, 0.25) is 5.91 Å². The van der Waals surface area contributed by atoms with Crippen molar-refractivity contribution in [2.75, 3.05) is 18.2 Å². The predicted molar refractivity (Wildman–Crippen MR) is 91.2 cm³/mol. The Bertz CT molecular complexity index is 680. The first kappa shape index (κ1) is 17.7. The Morgan fingerprint density at radius 2 is 2.00 bits per heavy atom. The van der Waals surface area contributed by atoms with Crippen LogP contribution in [0.5, 0.6) is 0 Å². The number of carbonyl (C=O) groups is 2. The summed E-state index contributed by atoms with van der Waals surface area (Å²) in [5.74, 6) is -0.643. The molecule has 3 N–H and O–H groups in total. The molecule has 1 aromatic carbocycles. The Kier molecular flexibility index (Phi) is 4.73. The van der Waals surface area contributed by atoms with E-state index in [0.717, 1.165) is 5.56 Å². The molecule has 1 aliphatic rings. The van der Waals surface area contributed by atoms with Crippen LogP contribution in [-0.2, 0) is 25.5 Å². The monoisotopic (exact) mass is 384 g/mol. The van der Waals surface area contributed by atoms with Crippen molar-refractivity contribution in [3.63, 3.8) is 0 Å². The molecule has 1 amide bonds. The zero-order valence-corrected chi connectivity index (χ0v) is 15.5. The molecule has 23 heavy (non-hydrogen) atoms. The lowest BCUT2D eigenvalue weighted by Crippen LogP contribution is -2.29. The number of nitrogens with two attached hydrogens (primary N) is 1. The summed E-state index contributed by atoms with van der Waals surface area (Å²) in [7, 11) is 1.31. The quantitative estimate of drug-likeness (QED) is 0.617. The number of benzene rings is 1. The predicted octanol–water partition coefficient (Wildman–Crippen LogP) is 2.86. The summed E-state index contributed by atoms with van der Waals surface area (Å²) in [6, 6.07) is 0. The third kappa shape index (κ3) is 3.35. The van der Waals surface area contributed by atoms with Crippen LogP contribution in [-0.4, -0.2) is 24.6 Å². The topological polar surface area (TPSA) is 90.7 Å². The minimum absolute atomic E-state index is 0.129. The number of esters is 1. The lowest BCUT2D eigenvalue weighted by Gasteiger charge is -2.29. The Morgan fingerprint density at radius 1 is 1.39 bits per heavy atom. The van der Waals surface area contributed by atoms with Crippen LogP contribution >= 0.6 is 15.9 Å². The van der Waals surface area contributed by atoms with E-state index in [1.807, 2.05) is 20.8 Å². The van der Waals surface area contributed by atoms with Gasteiger partial charge in [0.15, 0.2) is 6.10 Å². The molecule has 1 atom stereocenters. The van der Waals surface area contributed by atoms with E-state index in [4.69, 9.17) is 15.2 Å². The second kappa shape index (κ2) is 6.13. The van der Waals surface area contributed by atoms with Crippen molar-refractivity contribution in [3.05, 3.63) is 21.2 Å². The van der Waals surface area contributed by atoms with Crippen LogP contribution in [0.1, 0.15) is 43.6 Å². The molecule has 0 bridgehead atoms. The summed E-state index contributed by atoms with van der Waals surface area (Å²) in [6.45, 7) is 7.36. The maximum Gasteiger partial charge on any atom is 0.339 e. The van der Waals surface area contributed by atoms with Gasteiger partial charge in [0.05, 0.1) is 30.5 Å². The third-order valence-electron chi connectivity index (χ3n) is 3.63. The number of halogens is 1. The number of fused-ring (bicyclic) bond motifs is 1. The van der Waals surface area contributed by atoms with Gasteiger partial charge in [-0.2, -0.15) is 0 Å². The van der Waals surface area contributed by atoms with Crippen molar-refractivity contribution in [2.45, 2.75) is 45.8 Å². The standard InChI is InChI=1S/C16H21BrN2O4/c1-7-10(14(15(21)22-5)23-16(2,3)4)11(17)8-6-9(20)19-13(8)12(7)18/h14H,6,18H2,1-5H3,(H,19,20)/t14-/m0/s1. The summed E-state index contributed by atoms with van der Waals surface area (Å²) in [4.78, 5) is 24.0. The zero-order valence-electron chi connectivity index (χ0n) is 13.9. The van der Waals surface area contributed by atoms with Gasteiger partial charge in [-0.05, 0) is 33.3 Å². The first-order valence-electron chi connectivity index (χ1n) is 7.22. The van der Waals surface area contributed by atoms with E-state index in [-0.39, 0.29) is 12.3 Å². The van der Waals surface area contributed by atoms with Crippen LogP contribution in [0.15, 0.2) is 4.47 Å². The van der Waals surface area contributed by atoms with Crippen LogP contribution < -0.4 is 11.1 Å². The SMILES string of the molecule is COC(=O)[C@@H](OC(C)(C)C)c1c(C)c(N)c2c(c1Br)CC(=O)N2. The number of amides is 1. The van der Waals surface area contributed by atoms with Crippen LogP contribution in [0.4, 0.5) is 11.4 Å². The number of methoxy groups -OCH3 is 1. The van der Waals surface area contributed by atoms with Gasteiger partial charge in [-0.1, -0.05) is 15.9 Å². The number of hydrogen-bond acceptors (Lipinski definition) is 5. The fourth-order valence-corrected chi connectivity index (χ4v) is 3.43. The highest BCUT2D eigenvalue weighted by Gasteiger charge is 2.35. The van der Waals surface area contributed by atoms with Crippen molar-refractivity contribution in [2.24, 2.45) is 0 Å². The molecule has 0 spiro atoms. The highest BCUT2D eigenvalue weighted by atomic mass is 79.9. The molecular formula is C16H21BrN2O4. The molecule has 6 nitrogen and oxygen atoms in total. The molecule has 0 aromatic heterocycles. The summed E-state index contributed by atoms with van der Waals surface area (Å²) < 4.78 is 11.5. The average Bonchev–Trinajstić information content (AvgIpc) is 2.84. The smallest absolute Gasteiger partial charge is 0.339 e. The molecule has 1 aromatic rings. The van der Waals surface area contributed by atoms with Crippen LogP contribution in [0.3, 0.4) is 0 Å². The van der Waals surface area contributed by atoms with E-state index in [2.05, 4.69) is 21.2 Å². The summed E-state index contributed by atoms with van der Waals surface area (Å²) in [6.07, 6.45) is -0.728. The highest BCUT2D eigenvalue weighted by Crippen LogP contribution is 2.44. The van der Waals surface area contributed by atoms with E-state index in [1.54, 1.807) is 6.92 Å². The molecular weight excluding hydrogens is 364 g/mol. The maximum atomic E-state index is 12.3. The second-order valence-corrected chi connectivity index (χ2v) is 7.27. The third-order valence-corrected chi connectivity index (χ3v) is 4.54. The number of anilines is 2. The largest absolute Gasteiger partial charge is 0.467 e. The van der Waals surface area contributed by atoms with Gasteiger partial charge >= 0.3 is 5.97 Å². The average molecular weight is 385 g/mol. The van der Waals surface area contributed by atoms with Gasteiger partial charge in [0.25, 0.3) is 0 Å². The fourth-order valence-electron chi connectivity index (χ4n) is 2.58. The van der Waals surface area contributed by atoms with Crippen LogP contribution in [0.25, 0.3) is 0 Å². The molecule has 1 aliphatic heterocycles. The number of ether oxygens (including phenoxy) is 2. The van der Waals surface area contributed by atoms with Crippen molar-refractivity contribution < 1.29 is 19.1 Å². The van der Waals surface area contributed by atoms with Gasteiger partial charge in [0.1, 0.15) is 0 Å². The molecule has 0 unspecified atom stereocenters. The van der Waals surface area contributed by atoms with Gasteiger partial charge in [0, 0.05) is 15.6 Å². The molecule has 126 valence electrons. The fraction of sp³-hybridized carbons (Fsp3) is 0.500. The Labute approximate surface area is 143 Å². The van der Waals surface area contributed by atoms with Crippen molar-refractivity contribution in [1.29, 1.82) is 0 Å². The van der Waals surface area contributed by atoms with Crippen molar-refractivity contribution in [3.8, 4) is 0 Å². The zero-order chi connectivity index (χ0) is 17.5. The van der Waals surface area contributed by atoms with Gasteiger partial charge in [-0.3, -0.25) is 4.79 Å². The summed E-state index contributed by atoms with van der Waals surface area (Å²) in [5.41, 5.74) is 8.65. The Balaban J connectivity index is 2.65. The van der Waals surface area contributed by atoms with Crippen LogP contribution in [0, 0.1) is 6.92 Å². The van der Waals surface area contributed by atoms with E-state index in [9.17, 15) is 9.59 Å². The molecule has 2 rings (SSSR count). The Morgan fingerprint density at radius 3 is 2.52 bits per heavy atom. The van der Waals surface area contributed by atoms with Gasteiger partial charge in [-0.25, -0.2) is 4.79 Å². The minimum atomic E-state index is -0.933. The van der Waals surface area contributed by atoms with Crippen LogP contribution in [0.2, 0.25) is 0 Å². The number of rotatable bonds is 3. The van der Waals surface area contributed by atoms with E-state index in [1.165, 1.54) is 7.11 Å². The summed E-state index contributed by atoms with van der Waals surface area (Å²) >= 11 is 3.51. The molecule has 0 aliphatic carbocycles. The highest BCUT2D eigenvalue weighted by molar-refractivity contribution is 9.10. The second-order valence-electron chi connectivity index (χ2n) is 6.48. The maximum absolute atomic E-state index is 12.3. The summed E-state index contributed by atoms with van der Waals surface area (Å²) in [5, 5.41) is 2.75. The first-order valence-corrected chi connectivity index (χ1v) is 8.02. The van der Waals surface area contributed by atoms with E-state index >= 15 is 0 Å². The molecule has 7 heteroatoms. The lowest BCUT2D eigenvalue weighted by atomic mass is 9.96. The van der Waals surface area contributed by atoms with Crippen molar-refractivity contribution in [1.82, 2.24) is 0 Å². The van der Waals surface area contributed by atoms with Gasteiger partial charge < -0.3 is 20.5 Å². The molecule has 0 radical (unpaired) electrons. The molecule has 0 fully saturated rings. The number of hydrogen-bond donors (Lipinski definition) is 2. The molecule has 0 saturated heterocycles. The molecule has 0 saturated carbocycles. The van der Waals surface area contributed by atoms with E-state index in [0.29, 0.717) is 27.0 Å². The van der Waals surface area contributed by atoms with Gasteiger partial charge in [-0.15, -0.1) is 0 Å². The van der Waals surface area contributed by atoms with Crippen molar-refractivity contribution >= 4 is 39.2 Å². The minimum Gasteiger partial charge on any atom is -0.467 e. The molecule has 1 heterocycles. The number of nitrogens with one attached hydrogen (secondary N) is 1. The lowest BCUT2D eigenvalue weighted by molar-refractivity contribution is -0.164. The Hall–Kier alpha value is -1.60.